The van der Waals surface area contributed by atoms with E-state index in [1.807, 2.05) is 6.92 Å². The topological polar surface area (TPSA) is 26.3 Å². The minimum absolute atomic E-state index is 0.253. The molecule has 0 radical (unpaired) electrons. The number of esters is 1. The van der Waals surface area contributed by atoms with Gasteiger partial charge in [0.15, 0.2) is 0 Å². The van der Waals surface area contributed by atoms with Crippen LogP contribution in [0.2, 0.25) is 5.02 Å². The molecule has 0 heterocycles. The summed E-state index contributed by atoms with van der Waals surface area (Å²) in [4.78, 5) is 11.2. The van der Waals surface area contributed by atoms with E-state index in [2.05, 4.69) is 15.9 Å². The van der Waals surface area contributed by atoms with Crippen LogP contribution in [0.3, 0.4) is 0 Å². The average Bonchev–Trinajstić information content (AvgIpc) is 2.10. The number of carbonyl (C=O) groups excluding carboxylic acids is 1. The Kier molecular flexibility index (Phi) is 4.42. The lowest BCUT2D eigenvalue weighted by Crippen LogP contribution is -2.07. The van der Waals surface area contributed by atoms with Crippen molar-refractivity contribution in [1.29, 1.82) is 0 Å². The predicted molar refractivity (Wildman–Crippen MR) is 59.7 cm³/mol. The highest BCUT2D eigenvalue weighted by Gasteiger charge is 2.07. The molecule has 14 heavy (non-hydrogen) atoms. The molecule has 1 aromatic carbocycles. The summed E-state index contributed by atoms with van der Waals surface area (Å²) in [6.07, 6.45) is 1.18. The van der Waals surface area contributed by atoms with Crippen LogP contribution in [0.4, 0.5) is 0 Å². The number of benzene rings is 1. The van der Waals surface area contributed by atoms with Gasteiger partial charge in [-0.15, -0.1) is 0 Å². The van der Waals surface area contributed by atoms with Crippen LogP contribution in [-0.2, 0) is 4.79 Å². The van der Waals surface area contributed by atoms with E-state index in [0.29, 0.717) is 17.2 Å². The third-order valence-electron chi connectivity index (χ3n) is 1.57. The second-order valence-electron chi connectivity index (χ2n) is 2.80. The molecule has 0 saturated heterocycles. The first-order valence-electron chi connectivity index (χ1n) is 4.29. The SMILES string of the molecule is CCCC(=O)Oc1ccc(Br)cc1Cl. The largest absolute Gasteiger partial charge is 0.425 e. The third kappa shape index (κ3) is 3.31. The van der Waals surface area contributed by atoms with Gasteiger partial charge in [-0.1, -0.05) is 34.5 Å². The second kappa shape index (κ2) is 5.37. The average molecular weight is 278 g/mol. The molecule has 0 fully saturated rings. The number of hydrogen-bond acceptors (Lipinski definition) is 2. The van der Waals surface area contributed by atoms with Crippen LogP contribution in [0.15, 0.2) is 22.7 Å². The number of halogens is 2. The second-order valence-corrected chi connectivity index (χ2v) is 4.12. The van der Waals surface area contributed by atoms with Crippen molar-refractivity contribution in [1.82, 2.24) is 0 Å². The molecule has 0 saturated carbocycles. The van der Waals surface area contributed by atoms with Gasteiger partial charge in [0.2, 0.25) is 0 Å². The fourth-order valence-electron chi connectivity index (χ4n) is 0.936. The smallest absolute Gasteiger partial charge is 0.311 e. The Morgan fingerprint density at radius 3 is 2.86 bits per heavy atom. The number of ether oxygens (including phenoxy) is 1. The first-order valence-corrected chi connectivity index (χ1v) is 5.46. The highest BCUT2D eigenvalue weighted by Crippen LogP contribution is 2.27. The van der Waals surface area contributed by atoms with Crippen molar-refractivity contribution >= 4 is 33.5 Å². The molecule has 0 unspecified atom stereocenters. The minimum Gasteiger partial charge on any atom is -0.425 e. The lowest BCUT2D eigenvalue weighted by atomic mass is 10.3. The van der Waals surface area contributed by atoms with Gasteiger partial charge in [-0.25, -0.2) is 0 Å². The van der Waals surface area contributed by atoms with Crippen molar-refractivity contribution in [3.63, 3.8) is 0 Å². The molecule has 0 spiro atoms. The molecule has 0 aliphatic carbocycles. The van der Waals surface area contributed by atoms with E-state index >= 15 is 0 Å². The van der Waals surface area contributed by atoms with Crippen LogP contribution in [0.5, 0.6) is 5.75 Å². The standard InChI is InChI=1S/C10H10BrClO2/c1-2-3-10(13)14-9-5-4-7(11)6-8(9)12/h4-6H,2-3H2,1H3. The summed E-state index contributed by atoms with van der Waals surface area (Å²) >= 11 is 9.13. The van der Waals surface area contributed by atoms with E-state index in [1.165, 1.54) is 0 Å². The Hall–Kier alpha value is -0.540. The zero-order valence-electron chi connectivity index (χ0n) is 7.72. The first kappa shape index (κ1) is 11.5. The lowest BCUT2D eigenvalue weighted by molar-refractivity contribution is -0.134. The molecule has 0 bridgehead atoms. The van der Waals surface area contributed by atoms with Gasteiger partial charge >= 0.3 is 5.97 Å². The van der Waals surface area contributed by atoms with E-state index in [9.17, 15) is 4.79 Å². The van der Waals surface area contributed by atoms with Crippen LogP contribution in [0, 0.1) is 0 Å². The van der Waals surface area contributed by atoms with Crippen LogP contribution < -0.4 is 4.74 Å². The fraction of sp³-hybridized carbons (Fsp3) is 0.300. The molecule has 76 valence electrons. The van der Waals surface area contributed by atoms with Gasteiger partial charge in [-0.3, -0.25) is 4.79 Å². The molecule has 2 nitrogen and oxygen atoms in total. The van der Waals surface area contributed by atoms with E-state index in [4.69, 9.17) is 16.3 Å². The molecule has 4 heteroatoms. The van der Waals surface area contributed by atoms with Crippen molar-refractivity contribution in [2.24, 2.45) is 0 Å². The maximum absolute atomic E-state index is 11.2. The molecular formula is C10H10BrClO2. The Balaban J connectivity index is 2.72. The van der Waals surface area contributed by atoms with Crippen molar-refractivity contribution < 1.29 is 9.53 Å². The van der Waals surface area contributed by atoms with Gasteiger partial charge in [0.25, 0.3) is 0 Å². The zero-order valence-corrected chi connectivity index (χ0v) is 10.1. The van der Waals surface area contributed by atoms with Crippen molar-refractivity contribution in [2.45, 2.75) is 19.8 Å². The summed E-state index contributed by atoms with van der Waals surface area (Å²) in [6, 6.07) is 5.14. The quantitative estimate of drug-likeness (QED) is 0.620. The van der Waals surface area contributed by atoms with E-state index < -0.39 is 0 Å². The van der Waals surface area contributed by atoms with Crippen molar-refractivity contribution in [3.05, 3.63) is 27.7 Å². The normalized spacial score (nSPS) is 9.93. The molecule has 0 aliphatic heterocycles. The summed E-state index contributed by atoms with van der Waals surface area (Å²) in [7, 11) is 0. The first-order chi connectivity index (χ1) is 6.63. The molecule has 0 aromatic heterocycles. The fourth-order valence-corrected chi connectivity index (χ4v) is 1.65. The minimum atomic E-state index is -0.253. The Morgan fingerprint density at radius 1 is 1.57 bits per heavy atom. The van der Waals surface area contributed by atoms with Gasteiger partial charge in [0.05, 0.1) is 5.02 Å². The molecule has 1 aromatic rings. The summed E-state index contributed by atoms with van der Waals surface area (Å²) in [6.45, 7) is 1.92. The maximum Gasteiger partial charge on any atom is 0.311 e. The maximum atomic E-state index is 11.2. The number of carbonyl (C=O) groups is 1. The molecule has 0 amide bonds. The zero-order chi connectivity index (χ0) is 10.6. The molecule has 0 atom stereocenters. The van der Waals surface area contributed by atoms with Crippen LogP contribution >= 0.6 is 27.5 Å². The number of hydrogen-bond donors (Lipinski definition) is 0. The summed E-state index contributed by atoms with van der Waals surface area (Å²) in [5.74, 6) is 0.157. The highest BCUT2D eigenvalue weighted by molar-refractivity contribution is 9.10. The summed E-state index contributed by atoms with van der Waals surface area (Å²) < 4.78 is 5.91. The van der Waals surface area contributed by atoms with E-state index in [1.54, 1.807) is 18.2 Å². The Bertz CT molecular complexity index is 339. The van der Waals surface area contributed by atoms with E-state index in [0.717, 1.165) is 10.9 Å². The van der Waals surface area contributed by atoms with Crippen LogP contribution in [0.1, 0.15) is 19.8 Å². The van der Waals surface area contributed by atoms with Crippen molar-refractivity contribution in [3.8, 4) is 5.75 Å². The van der Waals surface area contributed by atoms with Gasteiger partial charge in [-0.05, 0) is 24.6 Å². The molecule has 0 aliphatic rings. The monoisotopic (exact) mass is 276 g/mol. The summed E-state index contributed by atoms with van der Waals surface area (Å²) in [5.41, 5.74) is 0. The van der Waals surface area contributed by atoms with Crippen LogP contribution in [-0.4, -0.2) is 5.97 Å². The molecule has 0 N–H and O–H groups in total. The number of rotatable bonds is 3. The van der Waals surface area contributed by atoms with Crippen LogP contribution in [0.25, 0.3) is 0 Å². The highest BCUT2D eigenvalue weighted by atomic mass is 79.9. The third-order valence-corrected chi connectivity index (χ3v) is 2.36. The van der Waals surface area contributed by atoms with Crippen molar-refractivity contribution in [2.75, 3.05) is 0 Å². The Morgan fingerprint density at radius 2 is 2.29 bits per heavy atom. The Labute approximate surface area is 96.3 Å². The van der Waals surface area contributed by atoms with Gasteiger partial charge in [-0.2, -0.15) is 0 Å². The lowest BCUT2D eigenvalue weighted by Gasteiger charge is -2.05. The predicted octanol–water partition coefficient (Wildman–Crippen LogP) is 3.81. The van der Waals surface area contributed by atoms with E-state index in [-0.39, 0.29) is 5.97 Å². The molecular weight excluding hydrogens is 267 g/mol. The van der Waals surface area contributed by atoms with Gasteiger partial charge in [0.1, 0.15) is 5.75 Å². The molecule has 1 rings (SSSR count). The van der Waals surface area contributed by atoms with Gasteiger partial charge < -0.3 is 4.74 Å². The van der Waals surface area contributed by atoms with Gasteiger partial charge in [0, 0.05) is 10.9 Å². The summed E-state index contributed by atoms with van der Waals surface area (Å²) in [5, 5.41) is 0.434.